The molecular weight excluding hydrogens is 214 g/mol. The average molecular weight is 219 g/mol. The van der Waals surface area contributed by atoms with Crippen molar-refractivity contribution >= 4 is 34.2 Å². The van der Waals surface area contributed by atoms with Gasteiger partial charge in [-0.1, -0.05) is 23.2 Å². The number of hydrogen-bond donors (Lipinski definition) is 1. The van der Waals surface area contributed by atoms with Gasteiger partial charge in [-0.3, -0.25) is 0 Å². The molecule has 2 aromatic heterocycles. The fourth-order valence-corrected chi connectivity index (χ4v) is 1.50. The molecule has 5 heteroatoms. The Morgan fingerprint density at radius 2 is 2.15 bits per heavy atom. The first-order valence-corrected chi connectivity index (χ1v) is 4.35. The van der Waals surface area contributed by atoms with Crippen LogP contribution in [0.5, 0.6) is 0 Å². The van der Waals surface area contributed by atoms with E-state index in [0.29, 0.717) is 11.0 Å². The molecule has 0 bridgehead atoms. The molecular formula is C8H5Cl2FN2. The van der Waals surface area contributed by atoms with Gasteiger partial charge in [-0.15, -0.1) is 0 Å². The van der Waals surface area contributed by atoms with Crippen LogP contribution in [0.25, 0.3) is 11.0 Å². The third-order valence-electron chi connectivity index (χ3n) is 1.75. The van der Waals surface area contributed by atoms with Crippen molar-refractivity contribution in [2.75, 3.05) is 0 Å². The molecule has 0 fully saturated rings. The van der Waals surface area contributed by atoms with Crippen molar-refractivity contribution in [2.45, 2.75) is 6.92 Å². The Hall–Kier alpha value is -0.800. The summed E-state index contributed by atoms with van der Waals surface area (Å²) in [5.74, 6) is -0.527. The summed E-state index contributed by atoms with van der Waals surface area (Å²) in [6, 6.07) is 1.64. The maximum atomic E-state index is 13.4. The highest BCUT2D eigenvalue weighted by Crippen LogP contribution is 2.29. The molecule has 0 aromatic carbocycles. The number of nitrogens with one attached hydrogen (secondary N) is 1. The molecule has 0 spiro atoms. The molecule has 2 nitrogen and oxygen atoms in total. The number of H-pyrrole nitrogens is 1. The smallest absolute Gasteiger partial charge is 0.155 e. The minimum absolute atomic E-state index is 0.0199. The molecule has 0 aliphatic carbocycles. The molecule has 2 aromatic rings. The summed E-state index contributed by atoms with van der Waals surface area (Å²) in [6.07, 6.45) is 0. The predicted molar refractivity (Wildman–Crippen MR) is 50.8 cm³/mol. The molecule has 0 saturated carbocycles. The lowest BCUT2D eigenvalue weighted by molar-refractivity contribution is 0.639. The Labute approximate surface area is 83.7 Å². The molecule has 0 atom stereocenters. The van der Waals surface area contributed by atoms with Crippen LogP contribution in [0, 0.1) is 12.7 Å². The lowest BCUT2D eigenvalue weighted by Gasteiger charge is -1.97. The summed E-state index contributed by atoms with van der Waals surface area (Å²) < 4.78 is 13.4. The predicted octanol–water partition coefficient (Wildman–Crippen LogP) is 3.32. The van der Waals surface area contributed by atoms with Gasteiger partial charge in [0.15, 0.2) is 11.0 Å². The van der Waals surface area contributed by atoms with Crippen molar-refractivity contribution in [3.63, 3.8) is 0 Å². The third kappa shape index (κ3) is 1.28. The summed E-state index contributed by atoms with van der Waals surface area (Å²) in [7, 11) is 0. The van der Waals surface area contributed by atoms with E-state index in [1.54, 1.807) is 6.07 Å². The monoisotopic (exact) mass is 218 g/mol. The number of nitrogens with zero attached hydrogens (tertiary/aromatic N) is 1. The maximum Gasteiger partial charge on any atom is 0.155 e. The zero-order chi connectivity index (χ0) is 9.59. The second-order valence-electron chi connectivity index (χ2n) is 2.75. The number of halogens is 3. The zero-order valence-corrected chi connectivity index (χ0v) is 8.17. The Morgan fingerprint density at radius 1 is 1.46 bits per heavy atom. The van der Waals surface area contributed by atoms with Crippen molar-refractivity contribution in [3.05, 3.63) is 27.8 Å². The van der Waals surface area contributed by atoms with Crippen molar-refractivity contribution in [3.8, 4) is 0 Å². The highest BCUT2D eigenvalue weighted by molar-refractivity contribution is 6.41. The van der Waals surface area contributed by atoms with Crippen molar-refractivity contribution in [1.29, 1.82) is 0 Å². The quantitative estimate of drug-likeness (QED) is 0.676. The van der Waals surface area contributed by atoms with Gasteiger partial charge in [0.1, 0.15) is 10.7 Å². The van der Waals surface area contributed by atoms with Crippen LogP contribution >= 0.6 is 23.2 Å². The van der Waals surface area contributed by atoms with Crippen molar-refractivity contribution in [2.24, 2.45) is 0 Å². The van der Waals surface area contributed by atoms with Crippen LogP contribution in [-0.4, -0.2) is 9.97 Å². The van der Waals surface area contributed by atoms with Crippen LogP contribution < -0.4 is 0 Å². The van der Waals surface area contributed by atoms with Gasteiger partial charge >= 0.3 is 0 Å². The van der Waals surface area contributed by atoms with Crippen LogP contribution in [0.15, 0.2) is 6.07 Å². The molecule has 13 heavy (non-hydrogen) atoms. The number of pyridine rings is 1. The first-order chi connectivity index (χ1) is 6.09. The molecule has 0 unspecified atom stereocenters. The van der Waals surface area contributed by atoms with Crippen molar-refractivity contribution in [1.82, 2.24) is 9.97 Å². The lowest BCUT2D eigenvalue weighted by Crippen LogP contribution is -1.85. The minimum atomic E-state index is -0.527. The highest BCUT2D eigenvalue weighted by atomic mass is 35.5. The average Bonchev–Trinajstić information content (AvgIpc) is 2.42. The van der Waals surface area contributed by atoms with Crippen LogP contribution in [0.1, 0.15) is 5.69 Å². The summed E-state index contributed by atoms with van der Waals surface area (Å²) in [4.78, 5) is 6.77. The lowest BCUT2D eigenvalue weighted by atomic mass is 10.3. The second kappa shape index (κ2) is 2.86. The highest BCUT2D eigenvalue weighted by Gasteiger charge is 2.13. The van der Waals surface area contributed by atoms with E-state index in [-0.39, 0.29) is 10.2 Å². The zero-order valence-electron chi connectivity index (χ0n) is 6.66. The third-order valence-corrected chi connectivity index (χ3v) is 2.47. The van der Waals surface area contributed by atoms with Crippen molar-refractivity contribution < 1.29 is 4.39 Å². The van der Waals surface area contributed by atoms with Crippen LogP contribution in [0.2, 0.25) is 10.2 Å². The van der Waals surface area contributed by atoms with Gasteiger partial charge in [-0.25, -0.2) is 9.37 Å². The summed E-state index contributed by atoms with van der Waals surface area (Å²) in [5, 5.41) is 0.216. The van der Waals surface area contributed by atoms with E-state index in [2.05, 4.69) is 9.97 Å². The second-order valence-corrected chi connectivity index (χ2v) is 3.48. The standard InChI is InChI=1S/C8H5Cl2FN2/c1-3-2-4-6(11)5(9)7(10)13-8(4)12-3/h2H,1H3,(H,12,13). The Bertz CT molecular complexity index is 478. The van der Waals surface area contributed by atoms with Crippen LogP contribution in [-0.2, 0) is 0 Å². The molecule has 0 radical (unpaired) electrons. The number of fused-ring (bicyclic) bond motifs is 1. The van der Waals surface area contributed by atoms with Gasteiger partial charge in [0.05, 0.1) is 5.39 Å². The fourth-order valence-electron chi connectivity index (χ4n) is 1.19. The van der Waals surface area contributed by atoms with E-state index < -0.39 is 5.82 Å². The number of aromatic nitrogens is 2. The molecule has 0 saturated heterocycles. The molecule has 68 valence electrons. The van der Waals surface area contributed by atoms with Gasteiger partial charge < -0.3 is 4.98 Å². The summed E-state index contributed by atoms with van der Waals surface area (Å²) in [6.45, 7) is 1.81. The molecule has 0 aliphatic heterocycles. The van der Waals surface area contributed by atoms with Gasteiger partial charge in [-0.05, 0) is 13.0 Å². The van der Waals surface area contributed by atoms with E-state index in [0.717, 1.165) is 5.69 Å². The summed E-state index contributed by atoms with van der Waals surface area (Å²) >= 11 is 11.2. The van der Waals surface area contributed by atoms with E-state index in [4.69, 9.17) is 23.2 Å². The van der Waals surface area contributed by atoms with Gasteiger partial charge in [0.25, 0.3) is 0 Å². The normalized spacial score (nSPS) is 11.1. The number of hydrogen-bond acceptors (Lipinski definition) is 1. The van der Waals surface area contributed by atoms with Crippen LogP contribution in [0.4, 0.5) is 4.39 Å². The SMILES string of the molecule is Cc1cc2c(F)c(Cl)c(Cl)nc2[nH]1. The van der Waals surface area contributed by atoms with Gasteiger partial charge in [0, 0.05) is 5.69 Å². The number of aryl methyl sites for hydroxylation is 1. The minimum Gasteiger partial charge on any atom is -0.343 e. The Morgan fingerprint density at radius 3 is 2.85 bits per heavy atom. The molecule has 0 amide bonds. The maximum absolute atomic E-state index is 13.4. The molecule has 2 rings (SSSR count). The van der Waals surface area contributed by atoms with E-state index in [1.807, 2.05) is 6.92 Å². The summed E-state index contributed by atoms with van der Waals surface area (Å²) in [5.41, 5.74) is 1.24. The largest absolute Gasteiger partial charge is 0.343 e. The molecule has 2 heterocycles. The Balaban J connectivity index is 2.92. The first-order valence-electron chi connectivity index (χ1n) is 3.59. The van der Waals surface area contributed by atoms with E-state index >= 15 is 0 Å². The van der Waals surface area contributed by atoms with Gasteiger partial charge in [-0.2, -0.15) is 0 Å². The Kier molecular flexibility index (Phi) is 1.93. The fraction of sp³-hybridized carbons (Fsp3) is 0.125. The number of rotatable bonds is 0. The van der Waals surface area contributed by atoms with E-state index in [1.165, 1.54) is 0 Å². The molecule has 1 N–H and O–H groups in total. The first kappa shape index (κ1) is 8.78. The topological polar surface area (TPSA) is 28.7 Å². The van der Waals surface area contributed by atoms with Crippen LogP contribution in [0.3, 0.4) is 0 Å². The van der Waals surface area contributed by atoms with E-state index in [9.17, 15) is 4.39 Å². The molecule has 0 aliphatic rings. The van der Waals surface area contributed by atoms with Gasteiger partial charge in [0.2, 0.25) is 0 Å². The number of aromatic amines is 1.